The van der Waals surface area contributed by atoms with Crippen LogP contribution >= 0.6 is 0 Å². The number of anilines is 3. The van der Waals surface area contributed by atoms with Crippen LogP contribution in [0.2, 0.25) is 0 Å². The lowest BCUT2D eigenvalue weighted by Crippen LogP contribution is -2.08. The van der Waals surface area contributed by atoms with Crippen molar-refractivity contribution in [3.8, 4) is 0 Å². The Kier molecular flexibility index (Phi) is 4.65. The fourth-order valence-corrected chi connectivity index (χ4v) is 2.27. The monoisotopic (exact) mass is 326 g/mol. The van der Waals surface area contributed by atoms with Crippen LogP contribution in [0.1, 0.15) is 18.5 Å². The van der Waals surface area contributed by atoms with Crippen LogP contribution in [0.3, 0.4) is 0 Å². The Morgan fingerprint density at radius 2 is 1.62 bits per heavy atom. The van der Waals surface area contributed by atoms with Crippen LogP contribution in [0.4, 0.5) is 26.1 Å². The van der Waals surface area contributed by atoms with E-state index >= 15 is 0 Å². The Bertz CT molecular complexity index is 824. The molecule has 2 aromatic carbocycles. The van der Waals surface area contributed by atoms with Gasteiger partial charge >= 0.3 is 0 Å². The normalized spacial score (nSPS) is 11.8. The Labute approximate surface area is 138 Å². The Morgan fingerprint density at radius 3 is 2.38 bits per heavy atom. The summed E-state index contributed by atoms with van der Waals surface area (Å²) in [6, 6.07) is 15.3. The molecule has 0 radical (unpaired) electrons. The van der Waals surface area contributed by atoms with Gasteiger partial charge in [-0.15, -0.1) is 0 Å². The van der Waals surface area contributed by atoms with E-state index in [1.165, 1.54) is 12.4 Å². The number of nitrogens with zero attached hydrogens (tertiary/aromatic N) is 2. The van der Waals surface area contributed by atoms with Gasteiger partial charge in [-0.3, -0.25) is 0 Å². The SMILES string of the molecule is CC(Nc1cc(Nc2ccc(F)c(F)c2)ncn1)c1ccccc1. The van der Waals surface area contributed by atoms with Gasteiger partial charge in [-0.1, -0.05) is 30.3 Å². The molecule has 1 heterocycles. The molecule has 1 atom stereocenters. The molecule has 0 amide bonds. The van der Waals surface area contributed by atoms with Crippen molar-refractivity contribution in [2.45, 2.75) is 13.0 Å². The minimum Gasteiger partial charge on any atom is -0.363 e. The quantitative estimate of drug-likeness (QED) is 0.715. The van der Waals surface area contributed by atoms with Gasteiger partial charge in [0.05, 0.1) is 0 Å². The number of benzene rings is 2. The summed E-state index contributed by atoms with van der Waals surface area (Å²) in [5.74, 6) is -0.683. The van der Waals surface area contributed by atoms with E-state index in [9.17, 15) is 8.78 Å². The first-order valence-corrected chi connectivity index (χ1v) is 7.47. The maximum atomic E-state index is 13.3. The van der Waals surface area contributed by atoms with Gasteiger partial charge in [-0.05, 0) is 24.6 Å². The molecule has 3 rings (SSSR count). The molecule has 0 aliphatic carbocycles. The first-order valence-electron chi connectivity index (χ1n) is 7.47. The largest absolute Gasteiger partial charge is 0.363 e. The van der Waals surface area contributed by atoms with Gasteiger partial charge in [0.1, 0.15) is 18.0 Å². The lowest BCUT2D eigenvalue weighted by atomic mass is 10.1. The molecule has 0 saturated heterocycles. The van der Waals surface area contributed by atoms with Crippen LogP contribution in [-0.4, -0.2) is 9.97 Å². The molecule has 0 spiro atoms. The summed E-state index contributed by atoms with van der Waals surface area (Å²) in [5.41, 5.74) is 1.54. The van der Waals surface area contributed by atoms with Crippen LogP contribution in [0.25, 0.3) is 0 Å². The molecule has 0 aliphatic rings. The highest BCUT2D eigenvalue weighted by molar-refractivity contribution is 5.59. The number of hydrogen-bond acceptors (Lipinski definition) is 4. The molecule has 122 valence electrons. The number of nitrogens with one attached hydrogen (secondary N) is 2. The van der Waals surface area contributed by atoms with Crippen molar-refractivity contribution in [3.63, 3.8) is 0 Å². The average molecular weight is 326 g/mol. The summed E-state index contributed by atoms with van der Waals surface area (Å²) >= 11 is 0. The summed E-state index contributed by atoms with van der Waals surface area (Å²) in [6.07, 6.45) is 1.41. The summed E-state index contributed by atoms with van der Waals surface area (Å²) in [5, 5.41) is 6.21. The molecule has 2 N–H and O–H groups in total. The molecule has 0 saturated carbocycles. The Morgan fingerprint density at radius 1 is 0.875 bits per heavy atom. The zero-order valence-electron chi connectivity index (χ0n) is 13.0. The van der Waals surface area contributed by atoms with Crippen molar-refractivity contribution in [2.75, 3.05) is 10.6 Å². The predicted molar refractivity (Wildman–Crippen MR) is 90.2 cm³/mol. The fourth-order valence-electron chi connectivity index (χ4n) is 2.27. The van der Waals surface area contributed by atoms with Crippen molar-refractivity contribution in [1.82, 2.24) is 9.97 Å². The topological polar surface area (TPSA) is 49.8 Å². The second-order valence-corrected chi connectivity index (χ2v) is 5.32. The van der Waals surface area contributed by atoms with Crippen LogP contribution in [0.15, 0.2) is 60.9 Å². The number of halogens is 2. The highest BCUT2D eigenvalue weighted by atomic mass is 19.2. The molecule has 6 heteroatoms. The number of aromatic nitrogens is 2. The van der Waals surface area contributed by atoms with Crippen molar-refractivity contribution < 1.29 is 8.78 Å². The zero-order chi connectivity index (χ0) is 16.9. The maximum absolute atomic E-state index is 13.3. The van der Waals surface area contributed by atoms with Gasteiger partial charge in [0.2, 0.25) is 0 Å². The molecular formula is C18H16F2N4. The fraction of sp³-hybridized carbons (Fsp3) is 0.111. The third-order valence-electron chi connectivity index (χ3n) is 3.52. The Hall–Kier alpha value is -3.02. The summed E-state index contributed by atoms with van der Waals surface area (Å²) < 4.78 is 26.2. The summed E-state index contributed by atoms with van der Waals surface area (Å²) in [7, 11) is 0. The van der Waals surface area contributed by atoms with E-state index < -0.39 is 11.6 Å². The average Bonchev–Trinajstić information content (AvgIpc) is 2.59. The molecule has 1 aromatic heterocycles. The Balaban J connectivity index is 1.73. The predicted octanol–water partition coefficient (Wildman–Crippen LogP) is 4.67. The lowest BCUT2D eigenvalue weighted by Gasteiger charge is -2.15. The van der Waals surface area contributed by atoms with Gasteiger partial charge in [-0.25, -0.2) is 18.7 Å². The lowest BCUT2D eigenvalue weighted by molar-refractivity contribution is 0.509. The highest BCUT2D eigenvalue weighted by Gasteiger charge is 2.07. The smallest absolute Gasteiger partial charge is 0.160 e. The van der Waals surface area contributed by atoms with E-state index in [1.807, 2.05) is 37.3 Å². The molecule has 0 aliphatic heterocycles. The standard InChI is InChI=1S/C18H16F2N4/c1-12(13-5-3-2-4-6-13)23-17-10-18(22-11-21-17)24-14-7-8-15(19)16(20)9-14/h2-12H,1H3,(H2,21,22,23,24). The highest BCUT2D eigenvalue weighted by Crippen LogP contribution is 2.21. The molecule has 1 unspecified atom stereocenters. The van der Waals surface area contributed by atoms with E-state index in [0.717, 1.165) is 17.7 Å². The van der Waals surface area contributed by atoms with Crippen LogP contribution in [0, 0.1) is 11.6 Å². The minimum absolute atomic E-state index is 0.0669. The molecule has 24 heavy (non-hydrogen) atoms. The second-order valence-electron chi connectivity index (χ2n) is 5.32. The molecule has 4 nitrogen and oxygen atoms in total. The molecule has 0 fully saturated rings. The first-order chi connectivity index (χ1) is 11.6. The van der Waals surface area contributed by atoms with Crippen molar-refractivity contribution in [3.05, 3.63) is 78.1 Å². The van der Waals surface area contributed by atoms with Gasteiger partial charge in [-0.2, -0.15) is 0 Å². The van der Waals surface area contributed by atoms with Gasteiger partial charge in [0, 0.05) is 23.9 Å². The number of hydrogen-bond donors (Lipinski definition) is 2. The zero-order valence-corrected chi connectivity index (χ0v) is 13.0. The van der Waals surface area contributed by atoms with Crippen molar-refractivity contribution in [2.24, 2.45) is 0 Å². The van der Waals surface area contributed by atoms with Gasteiger partial charge in [0.25, 0.3) is 0 Å². The van der Waals surface area contributed by atoms with Gasteiger partial charge in [0.15, 0.2) is 11.6 Å². The van der Waals surface area contributed by atoms with Crippen LogP contribution in [-0.2, 0) is 0 Å². The summed E-state index contributed by atoms with van der Waals surface area (Å²) in [6.45, 7) is 2.03. The third-order valence-corrected chi connectivity index (χ3v) is 3.52. The second kappa shape index (κ2) is 7.04. The maximum Gasteiger partial charge on any atom is 0.160 e. The third kappa shape index (κ3) is 3.84. The van der Waals surface area contributed by atoms with Gasteiger partial charge < -0.3 is 10.6 Å². The number of rotatable bonds is 5. The van der Waals surface area contributed by atoms with Crippen molar-refractivity contribution in [1.29, 1.82) is 0 Å². The minimum atomic E-state index is -0.912. The van der Waals surface area contributed by atoms with E-state index in [4.69, 9.17) is 0 Å². The van der Waals surface area contributed by atoms with E-state index in [0.29, 0.717) is 17.3 Å². The van der Waals surface area contributed by atoms with Crippen LogP contribution < -0.4 is 10.6 Å². The first kappa shape index (κ1) is 15.9. The van der Waals surface area contributed by atoms with E-state index in [1.54, 1.807) is 6.07 Å². The van der Waals surface area contributed by atoms with E-state index in [-0.39, 0.29) is 6.04 Å². The van der Waals surface area contributed by atoms with Crippen LogP contribution in [0.5, 0.6) is 0 Å². The van der Waals surface area contributed by atoms with E-state index in [2.05, 4.69) is 20.6 Å². The molecular weight excluding hydrogens is 310 g/mol. The molecule has 0 bridgehead atoms. The van der Waals surface area contributed by atoms with Crippen molar-refractivity contribution >= 4 is 17.3 Å². The molecule has 3 aromatic rings. The summed E-state index contributed by atoms with van der Waals surface area (Å²) in [4.78, 5) is 8.27.